The van der Waals surface area contributed by atoms with Gasteiger partial charge in [0, 0.05) is 9.50 Å². The summed E-state index contributed by atoms with van der Waals surface area (Å²) in [5.74, 6) is 0.377. The molecule has 0 unspecified atom stereocenters. The number of benzene rings is 1. The second-order valence-electron chi connectivity index (χ2n) is 4.02. The SMILES string of the molecule is N[C@@H](c1ccc(Cl)cc1Br)[C@H](O)C1CC1. The summed E-state index contributed by atoms with van der Waals surface area (Å²) in [5.41, 5.74) is 6.92. The van der Waals surface area contributed by atoms with Crippen molar-refractivity contribution in [1.29, 1.82) is 0 Å². The van der Waals surface area contributed by atoms with Gasteiger partial charge in [0.15, 0.2) is 0 Å². The monoisotopic (exact) mass is 289 g/mol. The highest BCUT2D eigenvalue weighted by molar-refractivity contribution is 9.10. The van der Waals surface area contributed by atoms with Crippen molar-refractivity contribution in [2.75, 3.05) is 0 Å². The molecule has 1 fully saturated rings. The van der Waals surface area contributed by atoms with Crippen LogP contribution < -0.4 is 5.73 Å². The van der Waals surface area contributed by atoms with E-state index in [2.05, 4.69) is 15.9 Å². The topological polar surface area (TPSA) is 46.2 Å². The Kier molecular flexibility index (Phi) is 3.36. The maximum Gasteiger partial charge on any atom is 0.0761 e. The van der Waals surface area contributed by atoms with Gasteiger partial charge in [-0.1, -0.05) is 33.6 Å². The predicted octanol–water partition coefficient (Wildman–Crippen LogP) is 2.87. The van der Waals surface area contributed by atoms with Gasteiger partial charge in [-0.2, -0.15) is 0 Å². The molecule has 0 amide bonds. The molecule has 0 heterocycles. The molecule has 0 bridgehead atoms. The van der Waals surface area contributed by atoms with Crippen molar-refractivity contribution >= 4 is 27.5 Å². The Morgan fingerprint density at radius 3 is 2.67 bits per heavy atom. The molecule has 3 N–H and O–H groups in total. The maximum absolute atomic E-state index is 9.93. The first kappa shape index (κ1) is 11.4. The molecule has 2 atom stereocenters. The molecule has 0 radical (unpaired) electrons. The Morgan fingerprint density at radius 1 is 1.47 bits per heavy atom. The van der Waals surface area contributed by atoms with Gasteiger partial charge >= 0.3 is 0 Å². The molecule has 2 nitrogen and oxygen atoms in total. The lowest BCUT2D eigenvalue weighted by atomic mass is 9.99. The third-order valence-electron chi connectivity index (χ3n) is 2.79. The van der Waals surface area contributed by atoms with Crippen molar-refractivity contribution in [3.8, 4) is 0 Å². The lowest BCUT2D eigenvalue weighted by molar-refractivity contribution is 0.122. The second kappa shape index (κ2) is 4.42. The minimum Gasteiger partial charge on any atom is -0.391 e. The van der Waals surface area contributed by atoms with Gasteiger partial charge in [-0.05, 0) is 36.5 Å². The number of hydrogen-bond donors (Lipinski definition) is 2. The first-order valence-electron chi connectivity index (χ1n) is 4.98. The van der Waals surface area contributed by atoms with Gasteiger partial charge in [0.2, 0.25) is 0 Å². The summed E-state index contributed by atoms with van der Waals surface area (Å²) in [6, 6.07) is 5.13. The van der Waals surface area contributed by atoms with Crippen LogP contribution in [0.5, 0.6) is 0 Å². The van der Waals surface area contributed by atoms with Gasteiger partial charge in [0.25, 0.3) is 0 Å². The van der Waals surface area contributed by atoms with Crippen molar-refractivity contribution < 1.29 is 5.11 Å². The molecule has 1 aliphatic carbocycles. The average Bonchev–Trinajstić information content (AvgIpc) is 2.99. The summed E-state index contributed by atoms with van der Waals surface area (Å²) in [4.78, 5) is 0. The van der Waals surface area contributed by atoms with Gasteiger partial charge in [-0.25, -0.2) is 0 Å². The summed E-state index contributed by atoms with van der Waals surface area (Å²) in [6.45, 7) is 0. The molecule has 1 aromatic carbocycles. The maximum atomic E-state index is 9.93. The zero-order valence-corrected chi connectivity index (χ0v) is 10.5. The molecule has 0 aromatic heterocycles. The molecule has 0 aliphatic heterocycles. The van der Waals surface area contributed by atoms with E-state index in [-0.39, 0.29) is 6.04 Å². The van der Waals surface area contributed by atoms with E-state index in [1.165, 1.54) is 0 Å². The van der Waals surface area contributed by atoms with Crippen LogP contribution in [0.1, 0.15) is 24.4 Å². The molecule has 0 saturated heterocycles. The fraction of sp³-hybridized carbons (Fsp3) is 0.455. The number of aliphatic hydroxyl groups is 1. The lowest BCUT2D eigenvalue weighted by Crippen LogP contribution is -2.28. The average molecular weight is 291 g/mol. The number of rotatable bonds is 3. The van der Waals surface area contributed by atoms with E-state index in [0.717, 1.165) is 22.9 Å². The van der Waals surface area contributed by atoms with Crippen LogP contribution in [0, 0.1) is 5.92 Å². The Morgan fingerprint density at radius 2 is 2.13 bits per heavy atom. The number of aliphatic hydroxyl groups excluding tert-OH is 1. The smallest absolute Gasteiger partial charge is 0.0761 e. The van der Waals surface area contributed by atoms with Crippen molar-refractivity contribution in [3.05, 3.63) is 33.3 Å². The minimum absolute atomic E-state index is 0.329. The van der Waals surface area contributed by atoms with Gasteiger partial charge in [-0.3, -0.25) is 0 Å². The Labute approximate surface area is 103 Å². The molecule has 82 valence electrons. The van der Waals surface area contributed by atoms with E-state index in [1.54, 1.807) is 12.1 Å². The van der Waals surface area contributed by atoms with Crippen LogP contribution in [0.4, 0.5) is 0 Å². The molecule has 1 saturated carbocycles. The highest BCUT2D eigenvalue weighted by Gasteiger charge is 2.34. The van der Waals surface area contributed by atoms with Gasteiger partial charge in [0.1, 0.15) is 0 Å². The Balaban J connectivity index is 2.20. The van der Waals surface area contributed by atoms with Crippen LogP contribution in [0.2, 0.25) is 5.02 Å². The molecule has 0 spiro atoms. The lowest BCUT2D eigenvalue weighted by Gasteiger charge is -2.20. The quantitative estimate of drug-likeness (QED) is 0.899. The molecule has 2 rings (SSSR count). The number of halogens is 2. The van der Waals surface area contributed by atoms with E-state index < -0.39 is 6.10 Å². The Hall–Kier alpha value is -0.0900. The molecule has 1 aliphatic rings. The summed E-state index contributed by atoms with van der Waals surface area (Å²) in [5, 5.41) is 10.6. The second-order valence-corrected chi connectivity index (χ2v) is 5.31. The zero-order chi connectivity index (χ0) is 11.0. The van der Waals surface area contributed by atoms with E-state index in [0.29, 0.717) is 10.9 Å². The van der Waals surface area contributed by atoms with Gasteiger partial charge in [-0.15, -0.1) is 0 Å². The van der Waals surface area contributed by atoms with E-state index in [4.69, 9.17) is 17.3 Å². The van der Waals surface area contributed by atoms with Crippen LogP contribution >= 0.6 is 27.5 Å². The molecule has 15 heavy (non-hydrogen) atoms. The van der Waals surface area contributed by atoms with Gasteiger partial charge < -0.3 is 10.8 Å². The van der Waals surface area contributed by atoms with Crippen LogP contribution in [0.15, 0.2) is 22.7 Å². The van der Waals surface area contributed by atoms with Crippen LogP contribution in [-0.4, -0.2) is 11.2 Å². The molecular weight excluding hydrogens is 277 g/mol. The summed E-state index contributed by atoms with van der Waals surface area (Å²) < 4.78 is 0.863. The normalized spacial score (nSPS) is 20.0. The third-order valence-corrected chi connectivity index (χ3v) is 3.72. The summed E-state index contributed by atoms with van der Waals surface area (Å²) in [6.07, 6.45) is 1.72. The largest absolute Gasteiger partial charge is 0.391 e. The zero-order valence-electron chi connectivity index (χ0n) is 8.16. The van der Waals surface area contributed by atoms with E-state index in [9.17, 15) is 5.11 Å². The van der Waals surface area contributed by atoms with Crippen molar-refractivity contribution in [1.82, 2.24) is 0 Å². The predicted molar refractivity (Wildman–Crippen MR) is 64.8 cm³/mol. The Bertz CT molecular complexity index is 368. The summed E-state index contributed by atoms with van der Waals surface area (Å²) in [7, 11) is 0. The molecular formula is C11H13BrClNO. The fourth-order valence-corrected chi connectivity index (χ4v) is 2.63. The molecule has 1 aromatic rings. The minimum atomic E-state index is -0.442. The van der Waals surface area contributed by atoms with Crippen LogP contribution in [-0.2, 0) is 0 Å². The first-order valence-corrected chi connectivity index (χ1v) is 6.15. The highest BCUT2D eigenvalue weighted by Crippen LogP contribution is 2.38. The van der Waals surface area contributed by atoms with E-state index >= 15 is 0 Å². The number of nitrogens with two attached hydrogens (primary N) is 1. The van der Waals surface area contributed by atoms with Gasteiger partial charge in [0.05, 0.1) is 12.1 Å². The third kappa shape index (κ3) is 2.53. The first-order chi connectivity index (χ1) is 7.09. The highest BCUT2D eigenvalue weighted by atomic mass is 79.9. The van der Waals surface area contributed by atoms with Crippen LogP contribution in [0.3, 0.4) is 0 Å². The molecule has 4 heteroatoms. The van der Waals surface area contributed by atoms with Crippen molar-refractivity contribution in [3.63, 3.8) is 0 Å². The standard InChI is InChI=1S/C11H13BrClNO/c12-9-5-7(13)3-4-8(9)10(14)11(15)6-1-2-6/h3-6,10-11,15H,1-2,14H2/t10-,11+/m0/s1. The summed E-state index contributed by atoms with van der Waals surface area (Å²) >= 11 is 9.25. The van der Waals surface area contributed by atoms with E-state index in [1.807, 2.05) is 6.07 Å². The fourth-order valence-electron chi connectivity index (χ4n) is 1.69. The number of hydrogen-bond acceptors (Lipinski definition) is 2. The van der Waals surface area contributed by atoms with Crippen LogP contribution in [0.25, 0.3) is 0 Å². The van der Waals surface area contributed by atoms with Crippen molar-refractivity contribution in [2.24, 2.45) is 11.7 Å². The van der Waals surface area contributed by atoms with Crippen molar-refractivity contribution in [2.45, 2.75) is 25.0 Å².